The first-order chi connectivity index (χ1) is 17.5. The Bertz CT molecular complexity index is 1760. The van der Waals surface area contributed by atoms with E-state index < -0.39 is 20.2 Å². The third-order valence-electron chi connectivity index (χ3n) is 7.72. The standard InChI is InChI=1S/C27H28N2O6S2/c1-3-27(4-2)23-18-29(14-16-37(33,34)35)24-8-6-5-7-21(24)25(23)22-10-9-19-17-28(13-15-36(30,31)32)12-11-20(19)26(22)27/h5-12,17-18H,3-4,13-16H2,1-2H3/p+2. The number of pyridine rings is 2. The Morgan fingerprint density at radius 1 is 0.811 bits per heavy atom. The average Bonchev–Trinajstić information content (AvgIpc) is 3.15. The maximum absolute atomic E-state index is 11.6. The van der Waals surface area contributed by atoms with Crippen LogP contribution in [0.15, 0.2) is 61.1 Å². The maximum Gasteiger partial charge on any atom is 0.271 e. The van der Waals surface area contributed by atoms with Crippen LogP contribution < -0.4 is 9.13 Å². The van der Waals surface area contributed by atoms with Gasteiger partial charge in [0.2, 0.25) is 5.52 Å². The Balaban J connectivity index is 1.76. The van der Waals surface area contributed by atoms with Crippen LogP contribution in [-0.4, -0.2) is 37.4 Å². The van der Waals surface area contributed by atoms with Gasteiger partial charge < -0.3 is 0 Å². The topological polar surface area (TPSA) is 117 Å². The van der Waals surface area contributed by atoms with Crippen molar-refractivity contribution in [3.8, 4) is 11.1 Å². The molecule has 0 amide bonds. The third kappa shape index (κ3) is 4.52. The Labute approximate surface area is 216 Å². The predicted molar refractivity (Wildman–Crippen MR) is 141 cm³/mol. The lowest BCUT2D eigenvalue weighted by molar-refractivity contribution is -0.691. The lowest BCUT2D eigenvalue weighted by atomic mass is 9.73. The number of nitrogens with zero attached hydrogens (tertiary/aromatic N) is 2. The predicted octanol–water partition coefficient (Wildman–Crippen LogP) is 3.43. The van der Waals surface area contributed by atoms with Crippen LogP contribution in [-0.2, 0) is 38.7 Å². The summed E-state index contributed by atoms with van der Waals surface area (Å²) in [5.74, 6) is -0.728. The quantitative estimate of drug-likeness (QED) is 0.260. The minimum atomic E-state index is -4.12. The van der Waals surface area contributed by atoms with Crippen LogP contribution >= 0.6 is 0 Å². The molecular weight excluding hydrogens is 512 g/mol. The highest BCUT2D eigenvalue weighted by atomic mass is 32.2. The average molecular weight is 543 g/mol. The van der Waals surface area contributed by atoms with E-state index in [4.69, 9.17) is 4.55 Å². The summed E-state index contributed by atoms with van der Waals surface area (Å²) in [7, 11) is -8.19. The van der Waals surface area contributed by atoms with E-state index in [2.05, 4.69) is 32.2 Å². The maximum atomic E-state index is 11.6. The van der Waals surface area contributed by atoms with Crippen molar-refractivity contribution < 1.29 is 35.1 Å². The smallest absolute Gasteiger partial charge is 0.271 e. The number of aromatic nitrogens is 2. The molecule has 0 spiro atoms. The summed E-state index contributed by atoms with van der Waals surface area (Å²) in [5.41, 5.74) is 5.22. The summed E-state index contributed by atoms with van der Waals surface area (Å²) in [5, 5.41) is 3.08. The number of fused-ring (bicyclic) bond motifs is 7. The van der Waals surface area contributed by atoms with Crippen molar-refractivity contribution in [1.29, 1.82) is 0 Å². The number of rotatable bonds is 8. The van der Waals surface area contributed by atoms with Gasteiger partial charge in [-0.3, -0.25) is 9.11 Å². The first-order valence-corrected chi connectivity index (χ1v) is 15.5. The second-order valence-corrected chi connectivity index (χ2v) is 12.8. The van der Waals surface area contributed by atoms with Crippen LogP contribution in [0.5, 0.6) is 0 Å². The fraction of sp³-hybridized carbons (Fsp3) is 0.333. The molecule has 0 radical (unpaired) electrons. The van der Waals surface area contributed by atoms with Crippen molar-refractivity contribution in [2.75, 3.05) is 11.5 Å². The fourth-order valence-electron chi connectivity index (χ4n) is 5.94. The molecule has 0 saturated heterocycles. The van der Waals surface area contributed by atoms with Crippen LogP contribution in [0, 0.1) is 0 Å². The van der Waals surface area contributed by atoms with Crippen molar-refractivity contribution in [1.82, 2.24) is 0 Å². The number of hydrogen-bond acceptors (Lipinski definition) is 4. The van der Waals surface area contributed by atoms with Crippen molar-refractivity contribution >= 4 is 41.9 Å². The summed E-state index contributed by atoms with van der Waals surface area (Å²) in [6, 6.07) is 14.1. The van der Waals surface area contributed by atoms with Gasteiger partial charge in [-0.05, 0) is 41.5 Å². The second kappa shape index (κ2) is 9.13. The van der Waals surface area contributed by atoms with E-state index in [1.54, 1.807) is 4.57 Å². The molecule has 1 aliphatic carbocycles. The van der Waals surface area contributed by atoms with Gasteiger partial charge in [0, 0.05) is 34.1 Å². The van der Waals surface area contributed by atoms with Crippen LogP contribution in [0.4, 0.5) is 0 Å². The van der Waals surface area contributed by atoms with E-state index in [9.17, 15) is 21.4 Å². The Morgan fingerprint density at radius 2 is 1.49 bits per heavy atom. The van der Waals surface area contributed by atoms with Crippen molar-refractivity contribution in [2.24, 2.45) is 0 Å². The van der Waals surface area contributed by atoms with E-state index in [0.29, 0.717) is 0 Å². The molecule has 194 valence electrons. The van der Waals surface area contributed by atoms with E-state index >= 15 is 0 Å². The van der Waals surface area contributed by atoms with Gasteiger partial charge in [-0.25, -0.2) is 4.57 Å². The largest absolute Gasteiger partial charge is 0.285 e. The molecule has 0 aliphatic heterocycles. The molecule has 0 unspecified atom stereocenters. The summed E-state index contributed by atoms with van der Waals surface area (Å²) >= 11 is 0. The monoisotopic (exact) mass is 542 g/mol. The fourth-order valence-corrected chi connectivity index (χ4v) is 6.81. The zero-order valence-electron chi connectivity index (χ0n) is 20.8. The molecule has 2 aromatic heterocycles. The summed E-state index contributed by atoms with van der Waals surface area (Å²) in [4.78, 5) is 0. The van der Waals surface area contributed by atoms with Crippen LogP contribution in [0.3, 0.4) is 0 Å². The minimum absolute atomic E-state index is 0.140. The molecule has 1 aliphatic rings. The highest BCUT2D eigenvalue weighted by molar-refractivity contribution is 7.86. The van der Waals surface area contributed by atoms with E-state index in [1.807, 2.05) is 47.3 Å². The molecule has 0 fully saturated rings. The number of aryl methyl sites for hydroxylation is 2. The van der Waals surface area contributed by atoms with Crippen LogP contribution in [0.1, 0.15) is 37.8 Å². The van der Waals surface area contributed by atoms with E-state index in [1.165, 1.54) is 5.56 Å². The van der Waals surface area contributed by atoms with Gasteiger partial charge in [0.05, 0.1) is 5.39 Å². The van der Waals surface area contributed by atoms with Crippen molar-refractivity contribution in [3.63, 3.8) is 0 Å². The molecule has 0 bridgehead atoms. The van der Waals surface area contributed by atoms with Crippen molar-refractivity contribution in [2.45, 2.75) is 45.2 Å². The van der Waals surface area contributed by atoms with Crippen LogP contribution in [0.25, 0.3) is 32.8 Å². The van der Waals surface area contributed by atoms with Crippen LogP contribution in [0.2, 0.25) is 0 Å². The van der Waals surface area contributed by atoms with Gasteiger partial charge in [-0.15, -0.1) is 0 Å². The van der Waals surface area contributed by atoms with Gasteiger partial charge in [0.15, 0.2) is 31.7 Å². The molecule has 37 heavy (non-hydrogen) atoms. The summed E-state index contributed by atoms with van der Waals surface area (Å²) in [6.07, 6.45) is 7.46. The van der Waals surface area contributed by atoms with Gasteiger partial charge in [-0.2, -0.15) is 21.4 Å². The second-order valence-electron chi connectivity index (χ2n) is 9.66. The number of benzene rings is 2. The van der Waals surface area contributed by atoms with Gasteiger partial charge in [0.25, 0.3) is 20.2 Å². The molecule has 2 N–H and O–H groups in total. The highest BCUT2D eigenvalue weighted by Crippen LogP contribution is 2.56. The SMILES string of the molecule is CCC1(CC)c2c[n+](CCS(=O)(=O)O)c3ccccc3c2-c2ccc3c[n+](CCS(=O)(=O)O)ccc3c21. The van der Waals surface area contributed by atoms with Gasteiger partial charge in [0.1, 0.15) is 11.5 Å². The molecular formula is C27H30N2O6S2+2. The van der Waals surface area contributed by atoms with Crippen molar-refractivity contribution in [3.05, 3.63) is 72.2 Å². The normalized spacial score (nSPS) is 14.7. The molecule has 5 rings (SSSR count). The van der Waals surface area contributed by atoms with Gasteiger partial charge in [-0.1, -0.05) is 32.0 Å². The summed E-state index contributed by atoms with van der Waals surface area (Å²) in [6.45, 7) is 4.61. The molecule has 0 atom stereocenters. The Kier molecular flexibility index (Phi) is 6.34. The molecule has 2 heterocycles. The van der Waals surface area contributed by atoms with E-state index in [0.717, 1.165) is 51.2 Å². The first kappa shape index (κ1) is 25.7. The first-order valence-electron chi connectivity index (χ1n) is 12.3. The highest BCUT2D eigenvalue weighted by Gasteiger charge is 2.45. The molecule has 8 nitrogen and oxygen atoms in total. The Hall–Kier alpha value is -2.92. The van der Waals surface area contributed by atoms with Gasteiger partial charge >= 0.3 is 0 Å². The number of hydrogen-bond donors (Lipinski definition) is 2. The minimum Gasteiger partial charge on any atom is -0.285 e. The lowest BCUT2D eigenvalue weighted by Gasteiger charge is -2.29. The molecule has 10 heteroatoms. The Morgan fingerprint density at radius 3 is 2.16 bits per heavy atom. The summed E-state index contributed by atoms with van der Waals surface area (Å²) < 4.78 is 67.9. The molecule has 2 aromatic carbocycles. The molecule has 0 saturated carbocycles. The lowest BCUT2D eigenvalue weighted by Crippen LogP contribution is -2.40. The number of para-hydroxylation sites is 1. The zero-order valence-corrected chi connectivity index (χ0v) is 22.4. The zero-order chi connectivity index (χ0) is 26.6. The molecule has 4 aromatic rings. The van der Waals surface area contributed by atoms with E-state index in [-0.39, 0.29) is 30.0 Å². The third-order valence-corrected chi connectivity index (χ3v) is 9.12.